The maximum atomic E-state index is 6.71. The predicted octanol–water partition coefficient (Wildman–Crippen LogP) is 14.7. The molecule has 4 heteroatoms. The monoisotopic (exact) mass is 742 g/mol. The van der Waals surface area contributed by atoms with E-state index in [9.17, 15) is 0 Å². The van der Waals surface area contributed by atoms with Gasteiger partial charge >= 0.3 is 0 Å². The Labute approximate surface area is 336 Å². The molecule has 0 saturated carbocycles. The number of ether oxygens (including phenoxy) is 1. The first-order valence-electron chi connectivity index (χ1n) is 19.5. The minimum Gasteiger partial charge on any atom is -0.456 e. The molecule has 11 rings (SSSR count). The fourth-order valence-corrected chi connectivity index (χ4v) is 8.07. The Hall–Kier alpha value is -7.82. The van der Waals surface area contributed by atoms with Gasteiger partial charge in [-0.15, -0.1) is 0 Å². The molecular weight excluding hydrogens is 709 g/mol. The summed E-state index contributed by atoms with van der Waals surface area (Å²) in [7, 11) is 0. The minimum absolute atomic E-state index is 0.686. The van der Waals surface area contributed by atoms with Crippen LogP contribution < -0.4 is 4.74 Å². The third-order valence-corrected chi connectivity index (χ3v) is 11.0. The highest BCUT2D eigenvalue weighted by Crippen LogP contribution is 2.52. The van der Waals surface area contributed by atoms with E-state index in [1.165, 1.54) is 0 Å². The molecule has 0 spiro atoms. The van der Waals surface area contributed by atoms with Crippen molar-refractivity contribution in [1.82, 2.24) is 9.97 Å². The number of para-hydroxylation sites is 1. The lowest BCUT2D eigenvalue weighted by Crippen LogP contribution is -1.97. The van der Waals surface area contributed by atoms with Crippen molar-refractivity contribution in [3.8, 4) is 101 Å². The van der Waals surface area contributed by atoms with Crippen molar-refractivity contribution >= 4 is 11.0 Å². The van der Waals surface area contributed by atoms with Crippen molar-refractivity contribution in [1.29, 1.82) is 0 Å². The van der Waals surface area contributed by atoms with Gasteiger partial charge in [0.2, 0.25) is 0 Å². The van der Waals surface area contributed by atoms with Crippen molar-refractivity contribution < 1.29 is 9.15 Å². The zero-order valence-corrected chi connectivity index (χ0v) is 31.3. The molecule has 0 fully saturated rings. The molecule has 1 aliphatic heterocycles. The largest absolute Gasteiger partial charge is 0.456 e. The van der Waals surface area contributed by atoms with E-state index >= 15 is 0 Å². The summed E-state index contributed by atoms with van der Waals surface area (Å²) in [6.45, 7) is 0. The van der Waals surface area contributed by atoms with Crippen LogP contribution in [0.4, 0.5) is 0 Å². The molecule has 3 heterocycles. The first-order valence-corrected chi connectivity index (χ1v) is 19.5. The first-order chi connectivity index (χ1) is 28.7. The van der Waals surface area contributed by atoms with Gasteiger partial charge < -0.3 is 9.15 Å². The van der Waals surface area contributed by atoms with Crippen molar-refractivity contribution in [3.05, 3.63) is 206 Å². The van der Waals surface area contributed by atoms with Crippen LogP contribution in [0.2, 0.25) is 0 Å². The number of fused-ring (bicyclic) bond motifs is 7. The normalized spacial score (nSPS) is 11.6. The van der Waals surface area contributed by atoms with E-state index in [0.717, 1.165) is 106 Å². The van der Waals surface area contributed by atoms with E-state index in [4.69, 9.17) is 19.1 Å². The molecule has 0 radical (unpaired) electrons. The SMILES string of the molecule is c1ccc(-c2ccc3c(c2)-c2oc4ccccc4c2-c2cc(-c4ccc(-c5ccccc5-c5nc(-c6ccccc6)cc(-c6ccccc6)n5)cc4)ccc2O3)cc1. The van der Waals surface area contributed by atoms with Crippen molar-refractivity contribution in [2.24, 2.45) is 0 Å². The summed E-state index contributed by atoms with van der Waals surface area (Å²) in [5.74, 6) is 3.06. The number of aromatic nitrogens is 2. The fourth-order valence-electron chi connectivity index (χ4n) is 8.07. The molecular formula is C54H34N2O2. The van der Waals surface area contributed by atoms with Gasteiger partial charge in [0.15, 0.2) is 5.82 Å². The molecule has 0 saturated heterocycles. The summed E-state index contributed by atoms with van der Waals surface area (Å²) in [6, 6.07) is 71.3. The van der Waals surface area contributed by atoms with Crippen LogP contribution in [0.3, 0.4) is 0 Å². The summed E-state index contributed by atoms with van der Waals surface area (Å²) in [4.78, 5) is 10.3. The van der Waals surface area contributed by atoms with E-state index < -0.39 is 0 Å². The molecule has 0 unspecified atom stereocenters. The second-order valence-corrected chi connectivity index (χ2v) is 14.5. The Morgan fingerprint density at radius 3 is 1.47 bits per heavy atom. The molecule has 8 aromatic carbocycles. The number of hydrogen-bond donors (Lipinski definition) is 0. The number of furan rings is 1. The van der Waals surface area contributed by atoms with Crippen LogP contribution >= 0.6 is 0 Å². The summed E-state index contributed by atoms with van der Waals surface area (Å²) in [6.07, 6.45) is 0. The van der Waals surface area contributed by atoms with E-state index in [0.29, 0.717) is 5.82 Å². The van der Waals surface area contributed by atoms with E-state index in [2.05, 4.69) is 152 Å². The standard InChI is InChI=1S/C54H34N2O2/c1-4-14-35(15-5-1)41-29-31-51-46(33-41)53-52(44-22-12-13-23-49(44)58-53)45-32-40(28-30-50(45)57-51)36-24-26-37(27-25-36)42-20-10-11-21-43(42)54-55-47(38-16-6-2-7-17-38)34-48(56-54)39-18-8-3-9-19-39/h1-34H. The van der Waals surface area contributed by atoms with Crippen LogP contribution in [0.1, 0.15) is 0 Å². The molecule has 0 bridgehead atoms. The second kappa shape index (κ2) is 14.0. The molecule has 0 atom stereocenters. The molecule has 2 aromatic heterocycles. The summed E-state index contributed by atoms with van der Waals surface area (Å²) < 4.78 is 13.4. The molecule has 1 aliphatic rings. The number of nitrogens with zero attached hydrogens (tertiary/aromatic N) is 2. The topological polar surface area (TPSA) is 48.2 Å². The van der Waals surface area contributed by atoms with Gasteiger partial charge in [-0.2, -0.15) is 0 Å². The Balaban J connectivity index is 0.988. The maximum absolute atomic E-state index is 6.71. The lowest BCUT2D eigenvalue weighted by atomic mass is 9.93. The average Bonchev–Trinajstić information content (AvgIpc) is 3.63. The van der Waals surface area contributed by atoms with Gasteiger partial charge in [-0.25, -0.2) is 9.97 Å². The van der Waals surface area contributed by atoms with Gasteiger partial charge in [0, 0.05) is 33.2 Å². The number of hydrogen-bond acceptors (Lipinski definition) is 4. The van der Waals surface area contributed by atoms with Crippen LogP contribution in [0.5, 0.6) is 11.5 Å². The Morgan fingerprint density at radius 2 is 0.810 bits per heavy atom. The lowest BCUT2D eigenvalue weighted by molar-refractivity contribution is 0.486. The molecule has 272 valence electrons. The van der Waals surface area contributed by atoms with Gasteiger partial charge in [-0.1, -0.05) is 170 Å². The highest BCUT2D eigenvalue weighted by molar-refractivity contribution is 6.05. The highest BCUT2D eigenvalue weighted by Gasteiger charge is 2.28. The minimum atomic E-state index is 0.686. The molecule has 0 N–H and O–H groups in total. The zero-order valence-electron chi connectivity index (χ0n) is 31.3. The molecule has 0 amide bonds. The predicted molar refractivity (Wildman–Crippen MR) is 235 cm³/mol. The second-order valence-electron chi connectivity index (χ2n) is 14.5. The summed E-state index contributed by atoms with van der Waals surface area (Å²) in [5, 5.41) is 1.05. The molecule has 4 nitrogen and oxygen atoms in total. The van der Waals surface area contributed by atoms with Crippen LogP contribution in [0, 0.1) is 0 Å². The molecule has 0 aliphatic carbocycles. The van der Waals surface area contributed by atoms with Crippen LogP contribution in [0.25, 0.3) is 101 Å². The Kier molecular flexibility index (Phi) is 8.11. The maximum Gasteiger partial charge on any atom is 0.161 e. The Bertz CT molecular complexity index is 3060. The van der Waals surface area contributed by atoms with Gasteiger partial charge in [-0.05, 0) is 69.8 Å². The van der Waals surface area contributed by atoms with Gasteiger partial charge in [0.1, 0.15) is 22.8 Å². The first kappa shape index (κ1) is 33.5. The lowest BCUT2D eigenvalue weighted by Gasteiger charge is -2.14. The number of rotatable bonds is 6. The van der Waals surface area contributed by atoms with Gasteiger partial charge in [0.25, 0.3) is 0 Å². The van der Waals surface area contributed by atoms with Crippen molar-refractivity contribution in [2.45, 2.75) is 0 Å². The third-order valence-electron chi connectivity index (χ3n) is 11.0. The van der Waals surface area contributed by atoms with E-state index in [1.54, 1.807) is 0 Å². The average molecular weight is 743 g/mol. The van der Waals surface area contributed by atoms with Crippen molar-refractivity contribution in [2.75, 3.05) is 0 Å². The van der Waals surface area contributed by atoms with E-state index in [1.807, 2.05) is 54.6 Å². The quantitative estimate of drug-likeness (QED) is 0.170. The zero-order chi connectivity index (χ0) is 38.4. The highest BCUT2D eigenvalue weighted by atomic mass is 16.5. The van der Waals surface area contributed by atoms with Crippen molar-refractivity contribution in [3.63, 3.8) is 0 Å². The molecule has 58 heavy (non-hydrogen) atoms. The van der Waals surface area contributed by atoms with Crippen LogP contribution in [-0.4, -0.2) is 9.97 Å². The third kappa shape index (κ3) is 5.96. The number of benzene rings is 8. The smallest absolute Gasteiger partial charge is 0.161 e. The summed E-state index contributed by atoms with van der Waals surface area (Å²) >= 11 is 0. The molecule has 10 aromatic rings. The van der Waals surface area contributed by atoms with Crippen LogP contribution in [-0.2, 0) is 0 Å². The van der Waals surface area contributed by atoms with Gasteiger partial charge in [0.05, 0.1) is 17.0 Å². The summed E-state index contributed by atoms with van der Waals surface area (Å²) in [5.41, 5.74) is 15.2. The van der Waals surface area contributed by atoms with Crippen LogP contribution in [0.15, 0.2) is 211 Å². The van der Waals surface area contributed by atoms with Gasteiger partial charge in [-0.3, -0.25) is 0 Å². The van der Waals surface area contributed by atoms with E-state index in [-0.39, 0.29) is 0 Å². The Morgan fingerprint density at radius 1 is 0.328 bits per heavy atom. The fraction of sp³-hybridized carbons (Fsp3) is 0.